The van der Waals surface area contributed by atoms with E-state index < -0.39 is 0 Å². The normalized spacial score (nSPS) is 17.9. The number of ether oxygens (including phenoxy) is 1. The lowest BCUT2D eigenvalue weighted by atomic mass is 9.90. The van der Waals surface area contributed by atoms with Crippen molar-refractivity contribution in [1.82, 2.24) is 4.98 Å². The molecule has 1 aromatic heterocycles. The maximum atomic E-state index is 5.98. The molecule has 1 saturated carbocycles. The van der Waals surface area contributed by atoms with Crippen LogP contribution in [-0.2, 0) is 0 Å². The minimum Gasteiger partial charge on any atom is -0.439 e. The van der Waals surface area contributed by atoms with Crippen molar-refractivity contribution in [2.24, 2.45) is 5.73 Å². The van der Waals surface area contributed by atoms with Gasteiger partial charge in [0.15, 0.2) is 0 Å². The third-order valence-corrected chi connectivity index (χ3v) is 4.22. The number of pyridine rings is 1. The van der Waals surface area contributed by atoms with Crippen LogP contribution in [0.2, 0.25) is 0 Å². The average Bonchev–Trinajstić information content (AvgIpc) is 2.51. The van der Waals surface area contributed by atoms with Crippen LogP contribution in [0.4, 0.5) is 0 Å². The van der Waals surface area contributed by atoms with E-state index in [1.54, 1.807) is 0 Å². The van der Waals surface area contributed by atoms with Crippen molar-refractivity contribution in [3.8, 4) is 11.6 Å². The minimum absolute atomic E-state index is 0.371. The van der Waals surface area contributed by atoms with Crippen LogP contribution >= 0.6 is 0 Å². The first-order valence-electron chi connectivity index (χ1n) is 8.26. The molecule has 2 N–H and O–H groups in total. The zero-order chi connectivity index (χ0) is 16.2. The molecule has 3 rings (SSSR count). The highest BCUT2D eigenvalue weighted by atomic mass is 16.5. The summed E-state index contributed by atoms with van der Waals surface area (Å²) in [5.41, 5.74) is 11.0. The fraction of sp³-hybridized carbons (Fsp3) is 0.350. The zero-order valence-corrected chi connectivity index (χ0v) is 13.9. The Morgan fingerprint density at radius 2 is 1.87 bits per heavy atom. The average molecular weight is 308 g/mol. The predicted octanol–water partition coefficient (Wildman–Crippen LogP) is 4.78. The molecular formula is C20H24N2O. The van der Waals surface area contributed by atoms with E-state index in [2.05, 4.69) is 30.1 Å². The number of nitrogens with two attached hydrogens (primary N) is 1. The van der Waals surface area contributed by atoms with Crippen LogP contribution in [0.5, 0.6) is 11.6 Å². The number of aromatic nitrogens is 1. The quantitative estimate of drug-likeness (QED) is 0.888. The highest BCUT2D eigenvalue weighted by Gasteiger charge is 2.12. The molecule has 1 fully saturated rings. The second-order valence-electron chi connectivity index (χ2n) is 6.50. The standard InChI is InChI=1S/C20H24N2O/c1-14-3-8-20(22-13-14)23-19-10-15(2)9-17(12-19)11-16-4-6-18(21)7-5-16/h3,8-13,18H,4-7,21H2,1-2H3. The first-order chi connectivity index (χ1) is 11.1. The summed E-state index contributed by atoms with van der Waals surface area (Å²) < 4.78 is 5.90. The van der Waals surface area contributed by atoms with Crippen LogP contribution in [-0.4, -0.2) is 11.0 Å². The van der Waals surface area contributed by atoms with E-state index in [0.717, 1.165) is 37.0 Å². The summed E-state index contributed by atoms with van der Waals surface area (Å²) in [6.45, 7) is 4.11. The molecule has 0 unspecified atom stereocenters. The Balaban J connectivity index is 1.79. The smallest absolute Gasteiger partial charge is 0.219 e. The number of benzene rings is 1. The summed E-state index contributed by atoms with van der Waals surface area (Å²) in [7, 11) is 0. The van der Waals surface area contributed by atoms with E-state index in [4.69, 9.17) is 10.5 Å². The summed E-state index contributed by atoms with van der Waals surface area (Å²) in [4.78, 5) is 4.31. The highest BCUT2D eigenvalue weighted by molar-refractivity contribution is 5.56. The van der Waals surface area contributed by atoms with Crippen LogP contribution in [0, 0.1) is 13.8 Å². The third kappa shape index (κ3) is 4.42. The molecule has 1 aliphatic carbocycles. The molecule has 0 spiro atoms. The maximum absolute atomic E-state index is 5.98. The van der Waals surface area contributed by atoms with Gasteiger partial charge in [0.2, 0.25) is 5.88 Å². The van der Waals surface area contributed by atoms with Gasteiger partial charge >= 0.3 is 0 Å². The predicted molar refractivity (Wildman–Crippen MR) is 94.6 cm³/mol. The van der Waals surface area contributed by atoms with Crippen molar-refractivity contribution in [3.63, 3.8) is 0 Å². The lowest BCUT2D eigenvalue weighted by Crippen LogP contribution is -2.23. The summed E-state index contributed by atoms with van der Waals surface area (Å²) in [5.74, 6) is 1.46. The Morgan fingerprint density at radius 3 is 2.57 bits per heavy atom. The first kappa shape index (κ1) is 15.8. The molecule has 1 aromatic carbocycles. The van der Waals surface area contributed by atoms with Gasteiger partial charge in [0.25, 0.3) is 0 Å². The minimum atomic E-state index is 0.371. The lowest BCUT2D eigenvalue weighted by Gasteiger charge is -2.20. The molecule has 0 aliphatic heterocycles. The molecule has 1 aliphatic rings. The van der Waals surface area contributed by atoms with Crippen LogP contribution in [0.1, 0.15) is 42.4 Å². The van der Waals surface area contributed by atoms with Crippen molar-refractivity contribution in [2.45, 2.75) is 45.6 Å². The van der Waals surface area contributed by atoms with Crippen LogP contribution in [0.3, 0.4) is 0 Å². The van der Waals surface area contributed by atoms with Gasteiger partial charge in [-0.05, 0) is 68.4 Å². The second kappa shape index (κ2) is 6.97. The molecule has 0 bridgehead atoms. The molecule has 0 amide bonds. The molecule has 23 heavy (non-hydrogen) atoms. The monoisotopic (exact) mass is 308 g/mol. The van der Waals surface area contributed by atoms with Gasteiger partial charge in [-0.15, -0.1) is 0 Å². The van der Waals surface area contributed by atoms with Crippen LogP contribution in [0.15, 0.2) is 42.1 Å². The molecule has 2 aromatic rings. The van der Waals surface area contributed by atoms with Crippen molar-refractivity contribution in [2.75, 3.05) is 0 Å². The second-order valence-corrected chi connectivity index (χ2v) is 6.50. The molecule has 1 heterocycles. The zero-order valence-electron chi connectivity index (χ0n) is 13.9. The van der Waals surface area contributed by atoms with Gasteiger partial charge in [0.05, 0.1) is 0 Å². The van der Waals surface area contributed by atoms with Gasteiger partial charge in [0, 0.05) is 18.3 Å². The van der Waals surface area contributed by atoms with E-state index >= 15 is 0 Å². The maximum Gasteiger partial charge on any atom is 0.219 e. The Morgan fingerprint density at radius 1 is 1.09 bits per heavy atom. The summed E-state index contributed by atoms with van der Waals surface area (Å²) in [5, 5.41) is 0. The molecule has 120 valence electrons. The highest BCUT2D eigenvalue weighted by Crippen LogP contribution is 2.27. The van der Waals surface area contributed by atoms with Gasteiger partial charge in [-0.3, -0.25) is 0 Å². The Hall–Kier alpha value is -2.13. The van der Waals surface area contributed by atoms with E-state index in [0.29, 0.717) is 11.9 Å². The molecule has 0 radical (unpaired) electrons. The van der Waals surface area contributed by atoms with Gasteiger partial charge in [-0.1, -0.05) is 23.8 Å². The van der Waals surface area contributed by atoms with Crippen LogP contribution < -0.4 is 10.5 Å². The van der Waals surface area contributed by atoms with Crippen molar-refractivity contribution < 1.29 is 4.74 Å². The van der Waals surface area contributed by atoms with Crippen molar-refractivity contribution in [3.05, 3.63) is 58.8 Å². The molecule has 3 nitrogen and oxygen atoms in total. The van der Waals surface area contributed by atoms with Crippen molar-refractivity contribution >= 4 is 6.08 Å². The first-order valence-corrected chi connectivity index (χ1v) is 8.26. The van der Waals surface area contributed by atoms with Crippen molar-refractivity contribution in [1.29, 1.82) is 0 Å². The number of rotatable bonds is 3. The van der Waals surface area contributed by atoms with E-state index in [1.807, 2.05) is 31.3 Å². The summed E-state index contributed by atoms with van der Waals surface area (Å²) >= 11 is 0. The van der Waals surface area contributed by atoms with Gasteiger partial charge < -0.3 is 10.5 Å². The Kier molecular flexibility index (Phi) is 4.77. The SMILES string of the molecule is Cc1ccc(Oc2cc(C)cc(C=C3CCC(N)CC3)c2)nc1. The number of nitrogens with zero attached hydrogens (tertiary/aromatic N) is 1. The fourth-order valence-electron chi connectivity index (χ4n) is 2.95. The van der Waals surface area contributed by atoms with E-state index in [9.17, 15) is 0 Å². The van der Waals surface area contributed by atoms with Gasteiger partial charge in [-0.25, -0.2) is 4.98 Å². The number of hydrogen-bond acceptors (Lipinski definition) is 3. The summed E-state index contributed by atoms with van der Waals surface area (Å²) in [6, 6.07) is 10.6. The fourth-order valence-corrected chi connectivity index (χ4v) is 2.95. The molecule has 0 saturated heterocycles. The molecule has 0 atom stereocenters. The van der Waals surface area contributed by atoms with E-state index in [1.165, 1.54) is 16.7 Å². The lowest BCUT2D eigenvalue weighted by molar-refractivity contribution is 0.462. The van der Waals surface area contributed by atoms with Gasteiger partial charge in [0.1, 0.15) is 5.75 Å². The molecule has 3 heteroatoms. The third-order valence-electron chi connectivity index (χ3n) is 4.22. The number of hydrogen-bond donors (Lipinski definition) is 1. The topological polar surface area (TPSA) is 48.1 Å². The number of aryl methyl sites for hydroxylation is 2. The largest absolute Gasteiger partial charge is 0.439 e. The Bertz CT molecular complexity index is 694. The van der Waals surface area contributed by atoms with E-state index in [-0.39, 0.29) is 0 Å². The van der Waals surface area contributed by atoms with Crippen LogP contribution in [0.25, 0.3) is 6.08 Å². The molecular weight excluding hydrogens is 284 g/mol. The Labute approximate surface area is 138 Å². The number of allylic oxidation sites excluding steroid dienone is 1. The summed E-state index contributed by atoms with van der Waals surface area (Å²) in [6.07, 6.45) is 8.49. The van der Waals surface area contributed by atoms with Gasteiger partial charge in [-0.2, -0.15) is 0 Å².